The Hall–Kier alpha value is -2.02. The molecule has 3 saturated heterocycles. The van der Waals surface area contributed by atoms with Crippen molar-refractivity contribution in [3.8, 4) is 6.07 Å². The van der Waals surface area contributed by atoms with Gasteiger partial charge in [-0.2, -0.15) is 5.26 Å². The van der Waals surface area contributed by atoms with Crippen molar-refractivity contribution in [3.05, 3.63) is 0 Å². The van der Waals surface area contributed by atoms with Crippen LogP contribution in [0.1, 0.15) is 364 Å². The van der Waals surface area contributed by atoms with Crippen LogP contribution in [-0.4, -0.2) is 203 Å². The third-order valence-electron chi connectivity index (χ3n) is 24.8. The number of nitriles is 1. The lowest BCUT2D eigenvalue weighted by molar-refractivity contribution is -0.130. The molecule has 23 heteroatoms. The number of hydrogen-bond donors (Lipinski definition) is 11. The molecule has 20 nitrogen and oxygen atoms in total. The normalized spacial score (nSPS) is 30.0. The Labute approximate surface area is 721 Å². The molecular formula is C93H190FN3O17S2. The molecule has 0 aromatic carbocycles. The van der Waals surface area contributed by atoms with E-state index in [1.54, 1.807) is 20.9 Å². The summed E-state index contributed by atoms with van der Waals surface area (Å²) in [6.07, 6.45) is 39.5. The average Bonchev–Trinajstić information content (AvgIpc) is 1.62. The van der Waals surface area contributed by atoms with Crippen molar-refractivity contribution in [2.45, 2.75) is 398 Å². The number of hydrogen-bond acceptors (Lipinski definition) is 18. The van der Waals surface area contributed by atoms with E-state index in [9.17, 15) is 26.6 Å². The van der Waals surface area contributed by atoms with Gasteiger partial charge < -0.3 is 71.2 Å². The number of carbonyl (C=O) groups is 2. The van der Waals surface area contributed by atoms with Crippen molar-refractivity contribution in [3.63, 3.8) is 0 Å². The SMILES string of the molecule is CC1CC(CO)C1.CC1CC(O)C1.CC1CC(O)C1.CC1CC(O)C1.CC1CCC(O)C1.CC1CCCC1O.CC1CCOC1.CCC1(C(=O)NC)CC1.CCC1(CC#N)CC1.CCC1(CO)CC1.CCC1(F)COC1.CCC1(S(C)=O)CC1.CCCS(C)(=O)=O.CC[C@H](C)C(N)=O.C[C@@H]1CCOC1.[2H]C([2H])(O)[C@@H](C)CC.[2H]C([2H])(O)[C@H](C)CC.[HH]. The molecule has 13 fully saturated rings. The summed E-state index contributed by atoms with van der Waals surface area (Å²) in [4.78, 5) is 21.2. The predicted octanol–water partition coefficient (Wildman–Crippen LogP) is 17.7. The van der Waals surface area contributed by atoms with Crippen molar-refractivity contribution in [2.75, 3.05) is 91.3 Å². The third kappa shape index (κ3) is 63.8. The van der Waals surface area contributed by atoms with Crippen molar-refractivity contribution in [1.29, 1.82) is 5.26 Å². The first-order valence-corrected chi connectivity index (χ1v) is 49.2. The molecule has 0 aromatic heterocycles. The molecule has 13 aliphatic rings. The minimum atomic E-state index is -2.67. The van der Waals surface area contributed by atoms with E-state index in [-0.39, 0.29) is 71.7 Å². The van der Waals surface area contributed by atoms with Crippen LogP contribution in [0.4, 0.5) is 4.39 Å². The van der Waals surface area contributed by atoms with Gasteiger partial charge in [0.05, 0.1) is 55.3 Å². The third-order valence-corrected chi connectivity index (χ3v) is 27.8. The van der Waals surface area contributed by atoms with E-state index in [1.807, 2.05) is 47.8 Å². The smallest absolute Gasteiger partial charge is 0.225 e. The van der Waals surface area contributed by atoms with Gasteiger partial charge in [0, 0.05) is 113 Å². The lowest BCUT2D eigenvalue weighted by Crippen LogP contribution is -2.44. The Morgan fingerprint density at radius 3 is 1.05 bits per heavy atom. The molecule has 0 spiro atoms. The number of primary amides is 1. The molecule has 698 valence electrons. The van der Waals surface area contributed by atoms with Gasteiger partial charge in [0.1, 0.15) is 9.84 Å². The van der Waals surface area contributed by atoms with Gasteiger partial charge in [-0.3, -0.25) is 13.8 Å². The van der Waals surface area contributed by atoms with Crippen LogP contribution in [0, 0.1) is 98.6 Å². The molecule has 0 bridgehead atoms. The van der Waals surface area contributed by atoms with Crippen molar-refractivity contribution in [2.24, 2.45) is 93.0 Å². The Morgan fingerprint density at radius 2 is 1.00 bits per heavy atom. The van der Waals surface area contributed by atoms with Crippen molar-refractivity contribution < 1.29 is 93.7 Å². The van der Waals surface area contributed by atoms with E-state index < -0.39 is 39.4 Å². The van der Waals surface area contributed by atoms with Crippen LogP contribution < -0.4 is 11.1 Å². The Balaban J connectivity index is -0.000000394. The second-order valence-corrected chi connectivity index (χ2v) is 41.0. The first-order chi connectivity index (χ1) is 55.7. The zero-order valence-electron chi connectivity index (χ0n) is 82.2. The first kappa shape index (κ1) is 112. The summed E-state index contributed by atoms with van der Waals surface area (Å²) in [5.41, 5.74) is 4.87. The summed E-state index contributed by atoms with van der Waals surface area (Å²) in [7, 11) is -1.53. The molecule has 2 amide bonds. The summed E-state index contributed by atoms with van der Waals surface area (Å²) in [5.74, 6) is 6.75. The first-order valence-electron chi connectivity index (χ1n) is 47.5. The van der Waals surface area contributed by atoms with E-state index in [0.717, 1.165) is 177 Å². The fourth-order valence-electron chi connectivity index (χ4n) is 12.6. The van der Waals surface area contributed by atoms with Gasteiger partial charge in [-0.05, 0) is 269 Å². The van der Waals surface area contributed by atoms with Crippen LogP contribution in [0.5, 0.6) is 0 Å². The number of aliphatic hydroxyl groups excluding tert-OH is 7. The van der Waals surface area contributed by atoms with Crippen molar-refractivity contribution in [1.82, 2.24) is 5.32 Å². The molecule has 10 atom stereocenters. The summed E-state index contributed by atoms with van der Waals surface area (Å²) < 4.78 is 85.9. The molecule has 0 radical (unpaired) electrons. The van der Waals surface area contributed by atoms with E-state index in [2.05, 4.69) is 99.2 Å². The number of nitrogens with zero attached hydrogens (tertiary/aromatic N) is 1. The monoisotopic (exact) mass is 1710 g/mol. The number of ether oxygens (including phenoxy) is 3. The largest absolute Gasteiger partial charge is 0.396 e. The number of amides is 2. The van der Waals surface area contributed by atoms with Gasteiger partial charge in [0.2, 0.25) is 11.8 Å². The van der Waals surface area contributed by atoms with Gasteiger partial charge >= 0.3 is 0 Å². The minimum Gasteiger partial charge on any atom is -0.396 e. The van der Waals surface area contributed by atoms with E-state index >= 15 is 0 Å². The van der Waals surface area contributed by atoms with Crippen molar-refractivity contribution >= 4 is 32.5 Å². The molecule has 3 aliphatic heterocycles. The number of alkyl halides is 1. The van der Waals surface area contributed by atoms with Crippen LogP contribution in [0.15, 0.2) is 0 Å². The molecule has 116 heavy (non-hydrogen) atoms. The predicted molar refractivity (Wildman–Crippen MR) is 482 cm³/mol. The maximum Gasteiger partial charge on any atom is 0.225 e. The zero-order valence-corrected chi connectivity index (χ0v) is 79.9. The second kappa shape index (κ2) is 68.3. The Kier molecular flexibility index (Phi) is 66.0. The van der Waals surface area contributed by atoms with Crippen LogP contribution in [-0.2, 0) is 44.4 Å². The fourth-order valence-corrected chi connectivity index (χ4v) is 14.5. The fraction of sp³-hybridized carbons (Fsp3) is 0.968. The number of nitrogens with one attached hydrogen (secondary N) is 1. The lowest BCUT2D eigenvalue weighted by atomic mass is 9.77. The summed E-state index contributed by atoms with van der Waals surface area (Å²) in [6.45, 7) is 41.8. The van der Waals surface area contributed by atoms with E-state index in [1.165, 1.54) is 96.1 Å². The van der Waals surface area contributed by atoms with Crippen LogP contribution >= 0.6 is 0 Å². The molecule has 3 heterocycles. The molecule has 10 saturated carbocycles. The number of rotatable bonds is 18. The second-order valence-electron chi connectivity index (χ2n) is 36.9. The van der Waals surface area contributed by atoms with Crippen LogP contribution in [0.2, 0.25) is 0 Å². The quantitative estimate of drug-likeness (QED) is 0.0607. The molecule has 13 rings (SSSR count). The molecule has 6 unspecified atom stereocenters. The number of nitrogens with two attached hydrogens (primary N) is 1. The molecular weight excluding hydrogens is 1510 g/mol. The molecule has 0 aromatic rings. The number of sulfone groups is 1. The standard InChI is InChI=1S/C7H13NO.C7H11N.C6H12OS.4C6H12O.C5H9FO.C5H11NO.5C5H10O.2C5H12O.C4H10O2S.H2/c1-3-7(4-5-7)6(9)8-2;1-2-7(3-4-7)5-6-8;1-3-6(4-5-6)8(2)7;1-5-2-6(3-5)4-7;1-5-2-3-6(7)4-5;1-5-3-2-4-6(5)7;1-2-6(5-7)3-4-6;1-2-5(6)3-7-4-5;1-3-4(2)5(6)7;3*1-4-2-5(6)3-4;2*1-5-2-3-6-4-5;2*1-3-5(2)4-6;1-3-4-7(2,5)6;/h3-5H2,1-2H3,(H,8,9);2-5H2,1H3;3-5H2,1-2H3;3*5-7H,2-4H2,1H3;7H,2-5H2,1H3;2-4H2,1H3;4H,3H2,1-2H3,(H2,6,7);3*4-6H,2-3H2,1H3;2*5H,2-4H2,1H3;2*5-6H,3-4H2,1-2H3;3-4H2,1-2H3;1H/t;;;;;;;;4-;;;;5-;;2*5-;;/m........0...1.10../s1/i;;;;;;;;;;;;;;2*4D2;;. The van der Waals surface area contributed by atoms with E-state index in [4.69, 9.17) is 71.9 Å². The van der Waals surface area contributed by atoms with Crippen LogP contribution in [0.3, 0.4) is 0 Å². The highest BCUT2D eigenvalue weighted by Crippen LogP contribution is 2.51. The highest BCUT2D eigenvalue weighted by atomic mass is 32.2. The number of aliphatic hydroxyl groups is 9. The molecule has 10 aliphatic carbocycles. The van der Waals surface area contributed by atoms with Gasteiger partial charge in [0.25, 0.3) is 0 Å². The van der Waals surface area contributed by atoms with Crippen LogP contribution in [0.25, 0.3) is 0 Å². The van der Waals surface area contributed by atoms with Gasteiger partial charge in [-0.25, -0.2) is 12.8 Å². The number of halogens is 1. The highest BCUT2D eigenvalue weighted by molar-refractivity contribution is 7.90. The lowest BCUT2D eigenvalue weighted by Gasteiger charge is -2.32. The highest BCUT2D eigenvalue weighted by Gasteiger charge is 2.47. The van der Waals surface area contributed by atoms with Gasteiger partial charge in [0.15, 0.2) is 5.67 Å². The van der Waals surface area contributed by atoms with Gasteiger partial charge in [-0.15, -0.1) is 0 Å². The Morgan fingerprint density at radius 1 is 0.578 bits per heavy atom. The Bertz CT molecular complexity index is 2560. The molecule has 12 N–H and O–H groups in total. The summed E-state index contributed by atoms with van der Waals surface area (Å²) in [5, 5.41) is 89.2. The maximum atomic E-state index is 12.5. The minimum absolute atomic E-state index is 0. The summed E-state index contributed by atoms with van der Waals surface area (Å²) in [6, 6.07) is 2.22. The average molecular weight is 1710 g/mol. The number of carbonyl (C=O) groups excluding carboxylic acids is 2. The van der Waals surface area contributed by atoms with E-state index in [0.29, 0.717) is 74.1 Å². The topological polar surface area (TPSA) is 357 Å². The zero-order chi connectivity index (χ0) is 93.5. The van der Waals surface area contributed by atoms with Gasteiger partial charge in [-0.1, -0.05) is 158 Å². The maximum absolute atomic E-state index is 12.5. The summed E-state index contributed by atoms with van der Waals surface area (Å²) >= 11 is 0.